The first-order valence-electron chi connectivity index (χ1n) is 9.31. The summed E-state index contributed by atoms with van der Waals surface area (Å²) in [7, 11) is 0. The van der Waals surface area contributed by atoms with Crippen LogP contribution in [0.5, 0.6) is 0 Å². The average molecular weight is 324 g/mol. The lowest BCUT2D eigenvalue weighted by Crippen LogP contribution is -2.91. The molecule has 2 heteroatoms. The summed E-state index contributed by atoms with van der Waals surface area (Å²) in [5.41, 5.74) is 2.05. The highest BCUT2D eigenvalue weighted by atomic mass is 16.3. The second kappa shape index (κ2) is 7.50. The number of aliphatic hydroxyl groups is 1. The fraction of sp³-hybridized carbons (Fsp3) is 0.455. The highest BCUT2D eigenvalue weighted by molar-refractivity contribution is 5.22. The Balaban J connectivity index is 1.93. The summed E-state index contributed by atoms with van der Waals surface area (Å²) in [5.74, 6) is 0.242. The van der Waals surface area contributed by atoms with Gasteiger partial charge in [0.15, 0.2) is 0 Å². The molecule has 1 aliphatic rings. The molecule has 0 radical (unpaired) electrons. The van der Waals surface area contributed by atoms with Crippen molar-refractivity contribution < 1.29 is 10.4 Å². The van der Waals surface area contributed by atoms with Crippen LogP contribution in [-0.4, -0.2) is 10.7 Å². The van der Waals surface area contributed by atoms with Crippen LogP contribution in [0.25, 0.3) is 0 Å². The van der Waals surface area contributed by atoms with Crippen molar-refractivity contribution >= 4 is 0 Å². The van der Waals surface area contributed by atoms with Crippen LogP contribution in [0.3, 0.4) is 0 Å². The van der Waals surface area contributed by atoms with E-state index in [1.165, 1.54) is 11.1 Å². The Bertz CT molecular complexity index is 627. The molecule has 0 amide bonds. The molecule has 0 unspecified atom stereocenters. The molecular formula is C22H30NO+. The zero-order valence-electron chi connectivity index (χ0n) is 14.9. The smallest absolute Gasteiger partial charge is 0.117 e. The van der Waals surface area contributed by atoms with Gasteiger partial charge in [-0.15, -0.1) is 0 Å². The van der Waals surface area contributed by atoms with Gasteiger partial charge >= 0.3 is 0 Å². The maximum absolute atomic E-state index is 11.5. The minimum Gasteiger partial charge on any atom is -0.389 e. The largest absolute Gasteiger partial charge is 0.389 e. The lowest BCUT2D eigenvalue weighted by molar-refractivity contribution is -0.756. The quantitative estimate of drug-likeness (QED) is 0.857. The minimum atomic E-state index is -0.591. The van der Waals surface area contributed by atoms with E-state index in [0.29, 0.717) is 12.1 Å². The molecule has 24 heavy (non-hydrogen) atoms. The lowest BCUT2D eigenvalue weighted by Gasteiger charge is -2.45. The van der Waals surface area contributed by atoms with Crippen molar-refractivity contribution in [2.24, 2.45) is 5.92 Å². The Morgan fingerprint density at radius 1 is 1.00 bits per heavy atom. The summed E-state index contributed by atoms with van der Waals surface area (Å²) in [6, 6.07) is 21.9. The van der Waals surface area contributed by atoms with Gasteiger partial charge in [0.05, 0.1) is 5.60 Å². The Labute approximate surface area is 145 Å². The number of benzene rings is 2. The minimum absolute atomic E-state index is 0.242. The van der Waals surface area contributed by atoms with Gasteiger partial charge < -0.3 is 10.4 Å². The molecule has 3 rings (SSSR count). The maximum atomic E-state index is 11.5. The first kappa shape index (κ1) is 17.2. The topological polar surface area (TPSA) is 36.8 Å². The van der Waals surface area contributed by atoms with E-state index in [0.717, 1.165) is 25.7 Å². The van der Waals surface area contributed by atoms with Gasteiger partial charge in [-0.1, -0.05) is 87.4 Å². The molecule has 0 spiro atoms. The predicted molar refractivity (Wildman–Crippen MR) is 98.5 cm³/mol. The third kappa shape index (κ3) is 3.55. The standard InChI is InChI=1S/C22H29NO/c1-3-4-15-22(24)16-20(18-11-7-5-8-12-18)23-21(17(22)2)19-13-9-6-10-14-19/h5-14,17,20-21,23-24H,3-4,15-16H2,1-2H3/p+1/t17-,20-,21-,22-/m0/s1. The molecule has 0 bridgehead atoms. The first-order valence-corrected chi connectivity index (χ1v) is 9.31. The number of quaternary nitrogens is 1. The molecule has 2 aromatic carbocycles. The van der Waals surface area contributed by atoms with Crippen molar-refractivity contribution in [3.05, 3.63) is 71.8 Å². The van der Waals surface area contributed by atoms with Gasteiger partial charge in [0.25, 0.3) is 0 Å². The van der Waals surface area contributed by atoms with E-state index in [1.807, 2.05) is 0 Å². The SMILES string of the molecule is CCCC[C@]1(O)C[C@@H](c2ccccc2)[NH2+][C@H](c2ccccc2)[C@@H]1C. The third-order valence-electron chi connectivity index (χ3n) is 5.77. The third-order valence-corrected chi connectivity index (χ3v) is 5.77. The van der Waals surface area contributed by atoms with Crippen LogP contribution >= 0.6 is 0 Å². The summed E-state index contributed by atoms with van der Waals surface area (Å²) >= 11 is 0. The molecule has 1 saturated heterocycles. The Hall–Kier alpha value is -1.64. The second-order valence-corrected chi connectivity index (χ2v) is 7.35. The molecule has 0 aliphatic carbocycles. The number of hydrogen-bond acceptors (Lipinski definition) is 1. The van der Waals surface area contributed by atoms with Gasteiger partial charge in [-0.3, -0.25) is 0 Å². The maximum Gasteiger partial charge on any atom is 0.117 e. The van der Waals surface area contributed by atoms with Crippen molar-refractivity contribution in [3.63, 3.8) is 0 Å². The fourth-order valence-corrected chi connectivity index (χ4v) is 4.20. The van der Waals surface area contributed by atoms with Gasteiger partial charge in [-0.25, -0.2) is 0 Å². The van der Waals surface area contributed by atoms with E-state index < -0.39 is 5.60 Å². The average Bonchev–Trinajstić information content (AvgIpc) is 2.64. The molecule has 4 atom stereocenters. The van der Waals surface area contributed by atoms with Crippen molar-refractivity contribution in [1.29, 1.82) is 0 Å². The molecule has 1 aliphatic heterocycles. The normalized spacial score (nSPS) is 30.2. The Kier molecular flexibility index (Phi) is 5.37. The molecular weight excluding hydrogens is 294 g/mol. The van der Waals surface area contributed by atoms with Crippen molar-refractivity contribution in [3.8, 4) is 0 Å². The molecule has 2 nitrogen and oxygen atoms in total. The number of unbranched alkanes of at least 4 members (excludes halogenated alkanes) is 1. The summed E-state index contributed by atoms with van der Waals surface area (Å²) in [5, 5.41) is 14.0. The predicted octanol–water partition coefficient (Wildman–Crippen LogP) is 3.99. The first-order chi connectivity index (χ1) is 11.6. The van der Waals surface area contributed by atoms with Gasteiger partial charge in [-0.2, -0.15) is 0 Å². The molecule has 3 N–H and O–H groups in total. The van der Waals surface area contributed by atoms with Crippen LogP contribution in [0.2, 0.25) is 0 Å². The molecule has 0 saturated carbocycles. The van der Waals surface area contributed by atoms with E-state index in [2.05, 4.69) is 79.8 Å². The summed E-state index contributed by atoms with van der Waals surface area (Å²) in [4.78, 5) is 0. The van der Waals surface area contributed by atoms with Gasteiger partial charge in [-0.05, 0) is 6.42 Å². The number of piperidine rings is 1. The Morgan fingerprint density at radius 3 is 2.17 bits per heavy atom. The van der Waals surface area contributed by atoms with Gasteiger partial charge in [0, 0.05) is 23.5 Å². The monoisotopic (exact) mass is 324 g/mol. The van der Waals surface area contributed by atoms with E-state index in [4.69, 9.17) is 0 Å². The van der Waals surface area contributed by atoms with Crippen LogP contribution in [0, 0.1) is 5.92 Å². The fourth-order valence-electron chi connectivity index (χ4n) is 4.20. The van der Waals surface area contributed by atoms with Crippen molar-refractivity contribution in [1.82, 2.24) is 0 Å². The highest BCUT2D eigenvalue weighted by Crippen LogP contribution is 2.41. The summed E-state index contributed by atoms with van der Waals surface area (Å²) < 4.78 is 0. The van der Waals surface area contributed by atoms with Crippen LogP contribution in [-0.2, 0) is 0 Å². The van der Waals surface area contributed by atoms with Gasteiger partial charge in [0.2, 0.25) is 0 Å². The zero-order valence-corrected chi connectivity index (χ0v) is 14.9. The molecule has 1 heterocycles. The second-order valence-electron chi connectivity index (χ2n) is 7.35. The van der Waals surface area contributed by atoms with Crippen molar-refractivity contribution in [2.75, 3.05) is 0 Å². The van der Waals surface area contributed by atoms with Crippen LogP contribution in [0.1, 0.15) is 62.7 Å². The summed E-state index contributed by atoms with van der Waals surface area (Å²) in [6.45, 7) is 4.43. The van der Waals surface area contributed by atoms with Crippen LogP contribution in [0.4, 0.5) is 0 Å². The number of hydrogen-bond donors (Lipinski definition) is 2. The van der Waals surface area contributed by atoms with E-state index in [9.17, 15) is 5.11 Å². The number of rotatable bonds is 5. The van der Waals surface area contributed by atoms with Crippen molar-refractivity contribution in [2.45, 2.75) is 57.2 Å². The van der Waals surface area contributed by atoms with E-state index >= 15 is 0 Å². The van der Waals surface area contributed by atoms with E-state index in [1.54, 1.807) is 0 Å². The molecule has 0 aromatic heterocycles. The highest BCUT2D eigenvalue weighted by Gasteiger charge is 2.48. The molecule has 1 fully saturated rings. The molecule has 2 aromatic rings. The van der Waals surface area contributed by atoms with Crippen LogP contribution < -0.4 is 5.32 Å². The van der Waals surface area contributed by atoms with E-state index in [-0.39, 0.29) is 5.92 Å². The lowest BCUT2D eigenvalue weighted by atomic mass is 9.70. The Morgan fingerprint density at radius 2 is 1.58 bits per heavy atom. The number of nitrogens with two attached hydrogens (primary N) is 1. The molecule has 128 valence electrons. The zero-order chi connectivity index (χ0) is 17.0. The van der Waals surface area contributed by atoms with Gasteiger partial charge in [0.1, 0.15) is 12.1 Å². The summed E-state index contributed by atoms with van der Waals surface area (Å²) in [6.07, 6.45) is 3.95. The van der Waals surface area contributed by atoms with Crippen LogP contribution in [0.15, 0.2) is 60.7 Å².